The predicted octanol–water partition coefficient (Wildman–Crippen LogP) is 4.54. The van der Waals surface area contributed by atoms with Crippen LogP contribution in [-0.2, 0) is 9.53 Å². The molecule has 0 saturated heterocycles. The van der Waals surface area contributed by atoms with Crippen LogP contribution in [0, 0.1) is 11.3 Å². The van der Waals surface area contributed by atoms with Crippen LogP contribution in [0.25, 0.3) is 6.08 Å². The molecule has 5 nitrogen and oxygen atoms in total. The van der Waals surface area contributed by atoms with E-state index in [1.165, 1.54) is 6.08 Å². The van der Waals surface area contributed by atoms with Crippen LogP contribution in [0.15, 0.2) is 54.1 Å². The summed E-state index contributed by atoms with van der Waals surface area (Å²) in [6.07, 6.45) is 2.43. The second-order valence-corrected chi connectivity index (χ2v) is 6.37. The first kappa shape index (κ1) is 20.9. The van der Waals surface area contributed by atoms with Gasteiger partial charge in [0.2, 0.25) is 0 Å². The number of ether oxygens (including phenoxy) is 2. The molecule has 2 aromatic carbocycles. The molecule has 0 radical (unpaired) electrons. The Kier molecular flexibility index (Phi) is 7.53. The van der Waals surface area contributed by atoms with Crippen molar-refractivity contribution in [3.8, 4) is 11.8 Å². The minimum absolute atomic E-state index is 0.176. The van der Waals surface area contributed by atoms with E-state index in [2.05, 4.69) is 13.8 Å². The number of hydrogen-bond acceptors (Lipinski definition) is 5. The normalized spacial score (nSPS) is 12.0. The average Bonchev–Trinajstić information content (AvgIpc) is 2.75. The molecule has 0 unspecified atom stereocenters. The van der Waals surface area contributed by atoms with Gasteiger partial charge in [-0.05, 0) is 41.7 Å². The van der Waals surface area contributed by atoms with Gasteiger partial charge in [0, 0.05) is 5.56 Å². The second-order valence-electron chi connectivity index (χ2n) is 6.37. The van der Waals surface area contributed by atoms with Gasteiger partial charge in [0.05, 0.1) is 7.11 Å². The van der Waals surface area contributed by atoms with Gasteiger partial charge in [-0.1, -0.05) is 50.2 Å². The highest BCUT2D eigenvalue weighted by atomic mass is 16.5. The van der Waals surface area contributed by atoms with Gasteiger partial charge in [-0.25, -0.2) is 4.79 Å². The first-order chi connectivity index (χ1) is 13.5. The van der Waals surface area contributed by atoms with Crippen LogP contribution in [0.4, 0.5) is 0 Å². The highest BCUT2D eigenvalue weighted by Gasteiger charge is 2.15. The maximum Gasteiger partial charge on any atom is 0.349 e. The zero-order valence-corrected chi connectivity index (χ0v) is 16.3. The predicted molar refractivity (Wildman–Crippen MR) is 107 cm³/mol. The van der Waals surface area contributed by atoms with Crippen molar-refractivity contribution >= 4 is 17.8 Å². The van der Waals surface area contributed by atoms with Gasteiger partial charge in [-0.3, -0.25) is 4.79 Å². The zero-order valence-electron chi connectivity index (χ0n) is 16.3. The Bertz CT molecular complexity index is 890. The summed E-state index contributed by atoms with van der Waals surface area (Å²) in [5.74, 6) is -0.0554. The molecule has 0 aliphatic heterocycles. The third kappa shape index (κ3) is 5.55. The number of benzene rings is 2. The average molecular weight is 377 g/mol. The number of carbonyl (C=O) groups is 2. The summed E-state index contributed by atoms with van der Waals surface area (Å²) in [5.41, 5.74) is 2.11. The fraction of sp³-hybridized carbons (Fsp3) is 0.261. The molecule has 2 rings (SSSR count). The largest absolute Gasteiger partial charge is 0.497 e. The van der Waals surface area contributed by atoms with Crippen LogP contribution >= 0.6 is 0 Å². The van der Waals surface area contributed by atoms with Crippen LogP contribution < -0.4 is 4.74 Å². The van der Waals surface area contributed by atoms with E-state index in [-0.39, 0.29) is 11.4 Å². The number of Topliss-reactive ketones (excluding diaryl/α,β-unsaturated/α-hetero) is 1. The highest BCUT2D eigenvalue weighted by molar-refractivity contribution is 6.01. The fourth-order valence-electron chi connectivity index (χ4n) is 2.53. The van der Waals surface area contributed by atoms with Gasteiger partial charge in [0.25, 0.3) is 0 Å². The van der Waals surface area contributed by atoms with Crippen molar-refractivity contribution in [3.05, 3.63) is 70.8 Å². The molecule has 0 aromatic heterocycles. The molecule has 2 aromatic rings. The third-order valence-electron chi connectivity index (χ3n) is 4.52. The van der Waals surface area contributed by atoms with Crippen LogP contribution in [0.2, 0.25) is 0 Å². The Hall–Kier alpha value is -3.39. The molecule has 0 bridgehead atoms. The zero-order chi connectivity index (χ0) is 20.5. The number of rotatable bonds is 8. The fourth-order valence-corrected chi connectivity index (χ4v) is 2.53. The van der Waals surface area contributed by atoms with Crippen LogP contribution in [0.5, 0.6) is 5.75 Å². The van der Waals surface area contributed by atoms with Crippen molar-refractivity contribution < 1.29 is 19.1 Å². The first-order valence-electron chi connectivity index (χ1n) is 9.04. The number of methoxy groups -OCH3 is 1. The van der Waals surface area contributed by atoms with Crippen molar-refractivity contribution in [2.45, 2.75) is 26.2 Å². The smallest absolute Gasteiger partial charge is 0.349 e. The summed E-state index contributed by atoms with van der Waals surface area (Å²) >= 11 is 0. The third-order valence-corrected chi connectivity index (χ3v) is 4.52. The first-order valence-corrected chi connectivity index (χ1v) is 9.04. The Morgan fingerprint density at radius 3 is 2.29 bits per heavy atom. The lowest BCUT2D eigenvalue weighted by atomic mass is 9.97. The quantitative estimate of drug-likeness (QED) is 0.292. The van der Waals surface area contributed by atoms with Crippen molar-refractivity contribution in [2.75, 3.05) is 13.7 Å². The standard InChI is InChI=1S/C23H23NO4/c1-4-16(2)18-7-9-19(10-8-18)22(25)15-28-23(26)20(14-24)13-17-5-11-21(27-3)12-6-17/h5-13,16H,4,15H2,1-3H3/b20-13+/t16-/m1/s1. The molecule has 0 N–H and O–H groups in total. The van der Waals surface area contributed by atoms with Gasteiger partial charge in [-0.15, -0.1) is 0 Å². The Morgan fingerprint density at radius 2 is 1.75 bits per heavy atom. The molecule has 1 atom stereocenters. The number of ketones is 1. The van der Waals surface area contributed by atoms with Crippen molar-refractivity contribution in [3.63, 3.8) is 0 Å². The number of esters is 1. The molecule has 5 heteroatoms. The van der Waals surface area contributed by atoms with E-state index < -0.39 is 12.6 Å². The summed E-state index contributed by atoms with van der Waals surface area (Å²) in [7, 11) is 1.55. The van der Waals surface area contributed by atoms with Crippen molar-refractivity contribution in [2.24, 2.45) is 0 Å². The SMILES string of the molecule is CC[C@@H](C)c1ccc(C(=O)COC(=O)/C(C#N)=C/c2ccc(OC)cc2)cc1. The van der Waals surface area contributed by atoms with Gasteiger partial charge < -0.3 is 9.47 Å². The second kappa shape index (κ2) is 10.1. The van der Waals surface area contributed by atoms with E-state index in [9.17, 15) is 14.9 Å². The minimum atomic E-state index is -0.831. The van der Waals surface area contributed by atoms with Crippen molar-refractivity contribution in [1.29, 1.82) is 5.26 Å². The van der Waals surface area contributed by atoms with Gasteiger partial charge in [0.1, 0.15) is 17.4 Å². The topological polar surface area (TPSA) is 76.4 Å². The molecule has 0 spiro atoms. The molecule has 0 fully saturated rings. The van der Waals surface area contributed by atoms with Gasteiger partial charge in [0.15, 0.2) is 12.4 Å². The molecule has 0 aliphatic rings. The summed E-state index contributed by atoms with van der Waals surface area (Å²) in [6, 6.07) is 16.0. The molecular weight excluding hydrogens is 354 g/mol. The Morgan fingerprint density at radius 1 is 1.11 bits per heavy atom. The molecular formula is C23H23NO4. The van der Waals surface area contributed by atoms with E-state index >= 15 is 0 Å². The minimum Gasteiger partial charge on any atom is -0.497 e. The van der Waals surface area contributed by atoms with Crippen molar-refractivity contribution in [1.82, 2.24) is 0 Å². The van der Waals surface area contributed by atoms with Gasteiger partial charge >= 0.3 is 5.97 Å². The maximum atomic E-state index is 12.2. The number of nitriles is 1. The lowest BCUT2D eigenvalue weighted by Gasteiger charge is -2.09. The summed E-state index contributed by atoms with van der Waals surface area (Å²) in [4.78, 5) is 24.4. The Labute approximate surface area is 165 Å². The summed E-state index contributed by atoms with van der Waals surface area (Å²) < 4.78 is 10.1. The number of hydrogen-bond donors (Lipinski definition) is 0. The molecule has 0 heterocycles. The van der Waals surface area contributed by atoms with E-state index in [0.29, 0.717) is 22.8 Å². The van der Waals surface area contributed by atoms with E-state index in [1.54, 1.807) is 43.5 Å². The molecule has 0 amide bonds. The van der Waals surface area contributed by atoms with E-state index in [1.807, 2.05) is 18.2 Å². The maximum absolute atomic E-state index is 12.2. The molecule has 144 valence electrons. The molecule has 0 aliphatic carbocycles. The van der Waals surface area contributed by atoms with E-state index in [4.69, 9.17) is 9.47 Å². The van der Waals surface area contributed by atoms with E-state index in [0.717, 1.165) is 12.0 Å². The monoisotopic (exact) mass is 377 g/mol. The molecule has 28 heavy (non-hydrogen) atoms. The lowest BCUT2D eigenvalue weighted by Crippen LogP contribution is -2.15. The molecule has 0 saturated carbocycles. The van der Waals surface area contributed by atoms with Crippen LogP contribution in [-0.4, -0.2) is 25.5 Å². The van der Waals surface area contributed by atoms with Crippen LogP contribution in [0.1, 0.15) is 47.7 Å². The highest BCUT2D eigenvalue weighted by Crippen LogP contribution is 2.19. The summed E-state index contributed by atoms with van der Waals surface area (Å²) in [5, 5.41) is 9.22. The number of nitrogens with zero attached hydrogens (tertiary/aromatic N) is 1. The van der Waals surface area contributed by atoms with Gasteiger partial charge in [-0.2, -0.15) is 5.26 Å². The summed E-state index contributed by atoms with van der Waals surface area (Å²) in [6.45, 7) is 3.82. The van der Waals surface area contributed by atoms with Crippen LogP contribution in [0.3, 0.4) is 0 Å². The lowest BCUT2D eigenvalue weighted by molar-refractivity contribution is -0.137. The number of carbonyl (C=O) groups excluding carboxylic acids is 2. The Balaban J connectivity index is 1.99.